The highest BCUT2D eigenvalue weighted by molar-refractivity contribution is 6.07. The number of nitrogens with zero attached hydrogens (tertiary/aromatic N) is 2. The van der Waals surface area contributed by atoms with Crippen molar-refractivity contribution in [1.29, 1.82) is 0 Å². The Morgan fingerprint density at radius 2 is 2.08 bits per heavy atom. The van der Waals surface area contributed by atoms with Gasteiger partial charge in [-0.1, -0.05) is 25.8 Å². The fourth-order valence-electron chi connectivity index (χ4n) is 4.67. The van der Waals surface area contributed by atoms with Crippen molar-refractivity contribution in [3.8, 4) is 0 Å². The zero-order chi connectivity index (χ0) is 18.1. The molecule has 0 radical (unpaired) electrons. The van der Waals surface area contributed by atoms with Gasteiger partial charge in [-0.05, 0) is 24.8 Å². The number of piperazine rings is 1. The molecule has 2 aliphatic heterocycles. The number of carbonyl (C=O) groups excluding carboxylic acids is 2. The Labute approximate surface area is 154 Å². The van der Waals surface area contributed by atoms with Gasteiger partial charge in [-0.15, -0.1) is 0 Å². The Hall–Kier alpha value is -2.15. The largest absolute Gasteiger partial charge is 0.329 e. The number of amides is 3. The molecule has 140 valence electrons. The Morgan fingerprint density at radius 1 is 1.27 bits per heavy atom. The van der Waals surface area contributed by atoms with E-state index in [2.05, 4.69) is 28.2 Å². The maximum Gasteiger partial charge on any atom is 0.329 e. The standard InChI is InChI=1S/C19H27N5O2/c1-15-6-2-4-8-19(15)17(25)24(18(26)21-19)14-22-10-12-23(13-11-22)16-7-3-5-9-20-16/h3,5,7,9,15H,2,4,6,8,10-14H2,1H3,(H,21,26)/p+2/t15-,19-/m0/s1. The minimum atomic E-state index is -0.643. The summed E-state index contributed by atoms with van der Waals surface area (Å²) in [5.41, 5.74) is -0.643. The highest BCUT2D eigenvalue weighted by atomic mass is 16.2. The number of nitrogens with one attached hydrogen (secondary N) is 3. The van der Waals surface area contributed by atoms with E-state index in [1.165, 1.54) is 9.80 Å². The molecule has 1 aromatic heterocycles. The summed E-state index contributed by atoms with van der Waals surface area (Å²) in [5.74, 6) is 1.34. The lowest BCUT2D eigenvalue weighted by atomic mass is 9.73. The topological polar surface area (TPSA) is 71.2 Å². The molecule has 0 unspecified atom stereocenters. The summed E-state index contributed by atoms with van der Waals surface area (Å²) in [6.07, 6.45) is 5.90. The molecule has 2 atom stereocenters. The highest BCUT2D eigenvalue weighted by Crippen LogP contribution is 2.37. The SMILES string of the molecule is C[C@H]1CCCC[C@]12NC(=O)N(C[NH+]1CCN(c3cccc[nH+]3)CC1)C2=O. The molecule has 3 amide bonds. The Kier molecular flexibility index (Phi) is 4.56. The Morgan fingerprint density at radius 3 is 2.77 bits per heavy atom. The van der Waals surface area contributed by atoms with Gasteiger partial charge in [0.1, 0.15) is 31.7 Å². The summed E-state index contributed by atoms with van der Waals surface area (Å²) in [6, 6.07) is 5.89. The van der Waals surface area contributed by atoms with Crippen LogP contribution in [0.15, 0.2) is 24.4 Å². The smallest absolute Gasteiger partial charge is 0.323 e. The van der Waals surface area contributed by atoms with Crippen LogP contribution >= 0.6 is 0 Å². The van der Waals surface area contributed by atoms with Crippen LogP contribution < -0.4 is 20.1 Å². The van der Waals surface area contributed by atoms with Crippen molar-refractivity contribution in [3.63, 3.8) is 0 Å². The summed E-state index contributed by atoms with van der Waals surface area (Å²) in [4.78, 5) is 34.0. The molecule has 2 saturated heterocycles. The molecule has 1 aromatic rings. The lowest BCUT2D eigenvalue weighted by Crippen LogP contribution is -3.16. The normalized spacial score (nSPS) is 30.1. The first-order chi connectivity index (χ1) is 12.6. The monoisotopic (exact) mass is 359 g/mol. The number of hydrogen-bond acceptors (Lipinski definition) is 3. The summed E-state index contributed by atoms with van der Waals surface area (Å²) < 4.78 is 0. The van der Waals surface area contributed by atoms with Crippen molar-refractivity contribution in [1.82, 2.24) is 10.2 Å². The van der Waals surface area contributed by atoms with Gasteiger partial charge in [0, 0.05) is 6.07 Å². The van der Waals surface area contributed by atoms with Gasteiger partial charge in [0.05, 0.1) is 6.20 Å². The van der Waals surface area contributed by atoms with Gasteiger partial charge < -0.3 is 10.2 Å². The van der Waals surface area contributed by atoms with Crippen LogP contribution in [0.3, 0.4) is 0 Å². The van der Waals surface area contributed by atoms with E-state index >= 15 is 0 Å². The molecule has 7 heteroatoms. The van der Waals surface area contributed by atoms with E-state index in [-0.39, 0.29) is 17.9 Å². The van der Waals surface area contributed by atoms with Gasteiger partial charge in [-0.2, -0.15) is 0 Å². The molecule has 4 rings (SSSR count). The number of imide groups is 1. The minimum absolute atomic E-state index is 0.000947. The van der Waals surface area contributed by atoms with Crippen molar-refractivity contribution < 1.29 is 19.5 Å². The van der Waals surface area contributed by atoms with E-state index in [1.54, 1.807) is 0 Å². The first-order valence-electron chi connectivity index (χ1n) is 9.79. The van der Waals surface area contributed by atoms with Crippen molar-refractivity contribution >= 4 is 17.8 Å². The van der Waals surface area contributed by atoms with E-state index < -0.39 is 5.54 Å². The van der Waals surface area contributed by atoms with Crippen molar-refractivity contribution in [2.45, 2.75) is 38.1 Å². The Balaban J connectivity index is 1.38. The summed E-state index contributed by atoms with van der Waals surface area (Å²) in [6.45, 7) is 6.25. The highest BCUT2D eigenvalue weighted by Gasteiger charge is 2.55. The first-order valence-corrected chi connectivity index (χ1v) is 9.79. The van der Waals surface area contributed by atoms with E-state index in [1.807, 2.05) is 18.3 Å². The maximum atomic E-state index is 13.1. The Bertz CT molecular complexity index is 674. The number of pyridine rings is 1. The maximum absolute atomic E-state index is 13.1. The summed E-state index contributed by atoms with van der Waals surface area (Å²) in [7, 11) is 0. The summed E-state index contributed by atoms with van der Waals surface area (Å²) >= 11 is 0. The minimum Gasteiger partial charge on any atom is -0.323 e. The average molecular weight is 359 g/mol. The zero-order valence-electron chi connectivity index (χ0n) is 15.5. The van der Waals surface area contributed by atoms with Crippen molar-refractivity contribution in [3.05, 3.63) is 24.4 Å². The number of aromatic amines is 1. The molecule has 1 spiro atoms. The van der Waals surface area contributed by atoms with Gasteiger partial charge in [0.15, 0.2) is 6.67 Å². The van der Waals surface area contributed by atoms with Gasteiger partial charge in [0.25, 0.3) is 11.7 Å². The van der Waals surface area contributed by atoms with Crippen molar-refractivity contribution in [2.75, 3.05) is 37.7 Å². The van der Waals surface area contributed by atoms with Crippen LogP contribution in [-0.4, -0.2) is 55.2 Å². The fraction of sp³-hybridized carbons (Fsp3) is 0.632. The average Bonchev–Trinajstić information content (AvgIpc) is 2.90. The molecular formula is C19H29N5O2+2. The van der Waals surface area contributed by atoms with Crippen LogP contribution in [0, 0.1) is 5.92 Å². The molecule has 0 aromatic carbocycles. The molecule has 26 heavy (non-hydrogen) atoms. The third kappa shape index (κ3) is 2.94. The lowest BCUT2D eigenvalue weighted by Gasteiger charge is -2.37. The van der Waals surface area contributed by atoms with Gasteiger partial charge in [-0.25, -0.2) is 14.7 Å². The van der Waals surface area contributed by atoms with Gasteiger partial charge in [0.2, 0.25) is 0 Å². The third-order valence-corrected chi connectivity index (χ3v) is 6.39. The number of quaternary nitrogens is 1. The van der Waals surface area contributed by atoms with Crippen LogP contribution in [0.5, 0.6) is 0 Å². The number of H-pyrrole nitrogens is 1. The lowest BCUT2D eigenvalue weighted by molar-refractivity contribution is -0.908. The molecule has 3 aliphatic rings. The number of aromatic nitrogens is 1. The number of anilines is 1. The molecule has 3 N–H and O–H groups in total. The quantitative estimate of drug-likeness (QED) is 0.726. The second-order valence-electron chi connectivity index (χ2n) is 7.92. The number of urea groups is 1. The molecular weight excluding hydrogens is 330 g/mol. The zero-order valence-corrected chi connectivity index (χ0v) is 15.5. The number of hydrogen-bond donors (Lipinski definition) is 2. The molecule has 3 heterocycles. The number of rotatable bonds is 3. The predicted molar refractivity (Wildman–Crippen MR) is 96.5 cm³/mol. The van der Waals surface area contributed by atoms with E-state index in [0.717, 1.165) is 57.7 Å². The van der Waals surface area contributed by atoms with Crippen LogP contribution in [0.25, 0.3) is 0 Å². The van der Waals surface area contributed by atoms with Gasteiger partial charge >= 0.3 is 6.03 Å². The van der Waals surface area contributed by atoms with Crippen LogP contribution in [0.2, 0.25) is 0 Å². The molecule has 1 aliphatic carbocycles. The molecule has 0 bridgehead atoms. The third-order valence-electron chi connectivity index (χ3n) is 6.39. The van der Waals surface area contributed by atoms with Crippen molar-refractivity contribution in [2.24, 2.45) is 5.92 Å². The second kappa shape index (κ2) is 6.87. The fourth-order valence-corrected chi connectivity index (χ4v) is 4.67. The van der Waals surface area contributed by atoms with Crippen LogP contribution in [0.4, 0.5) is 10.6 Å². The van der Waals surface area contributed by atoms with E-state index in [0.29, 0.717) is 6.67 Å². The van der Waals surface area contributed by atoms with Gasteiger partial charge in [-0.3, -0.25) is 9.69 Å². The molecule has 3 fully saturated rings. The predicted octanol–water partition coefficient (Wildman–Crippen LogP) is -0.336. The molecule has 1 saturated carbocycles. The van der Waals surface area contributed by atoms with Crippen LogP contribution in [0.1, 0.15) is 32.6 Å². The van der Waals surface area contributed by atoms with E-state index in [4.69, 9.17) is 0 Å². The first kappa shape index (κ1) is 17.3. The van der Waals surface area contributed by atoms with Crippen LogP contribution in [-0.2, 0) is 4.79 Å². The molecule has 7 nitrogen and oxygen atoms in total. The second-order valence-corrected chi connectivity index (χ2v) is 7.92. The summed E-state index contributed by atoms with van der Waals surface area (Å²) in [5, 5.41) is 3.05. The number of carbonyl (C=O) groups is 2. The van der Waals surface area contributed by atoms with E-state index in [9.17, 15) is 9.59 Å².